The van der Waals surface area contributed by atoms with Crippen LogP contribution >= 0.6 is 0 Å². The van der Waals surface area contributed by atoms with E-state index in [1.807, 2.05) is 32.9 Å². The molecule has 0 spiro atoms. The smallest absolute Gasteiger partial charge is 0.303 e. The summed E-state index contributed by atoms with van der Waals surface area (Å²) in [6.45, 7) is 11.4. The molecule has 4 rings (SSSR count). The Morgan fingerprint density at radius 3 is 2.26 bits per heavy atom. The molecule has 12 heteroatoms. The number of aromatic nitrogens is 3. The molecule has 0 saturated carbocycles. The summed E-state index contributed by atoms with van der Waals surface area (Å²) in [7, 11) is -4.26. The van der Waals surface area contributed by atoms with Gasteiger partial charge in [0.2, 0.25) is 17.6 Å². The second-order valence-corrected chi connectivity index (χ2v) is 12.5. The van der Waals surface area contributed by atoms with E-state index in [0.29, 0.717) is 47.1 Å². The van der Waals surface area contributed by atoms with Crippen LogP contribution in [0, 0.1) is 26.7 Å². The van der Waals surface area contributed by atoms with E-state index in [4.69, 9.17) is 9.05 Å². The predicted molar refractivity (Wildman–Crippen MR) is 159 cm³/mol. The Morgan fingerprint density at radius 1 is 0.977 bits per heavy atom. The molecule has 0 bridgehead atoms. The van der Waals surface area contributed by atoms with Gasteiger partial charge in [-0.2, -0.15) is 4.98 Å². The Bertz CT molecular complexity index is 1690. The molecule has 43 heavy (non-hydrogen) atoms. The number of hydrogen-bond acceptors (Lipinski definition) is 9. The van der Waals surface area contributed by atoms with Crippen molar-refractivity contribution in [3.63, 3.8) is 0 Å². The highest BCUT2D eigenvalue weighted by Crippen LogP contribution is 2.32. The molecule has 0 saturated heterocycles. The molecular weight excluding hydrogens is 570 g/mol. The molecule has 0 aliphatic carbocycles. The van der Waals surface area contributed by atoms with Crippen LogP contribution in [0.1, 0.15) is 85.2 Å². The number of benzene rings is 2. The lowest BCUT2D eigenvalue weighted by Crippen LogP contribution is -2.37. The maximum Gasteiger partial charge on any atom is 0.303 e. The van der Waals surface area contributed by atoms with Crippen LogP contribution in [0.2, 0.25) is 0 Å². The van der Waals surface area contributed by atoms with E-state index in [1.165, 1.54) is 6.07 Å². The second-order valence-electron chi connectivity index (χ2n) is 10.8. The number of sulfonamides is 1. The third-order valence-corrected chi connectivity index (χ3v) is 8.60. The molecule has 2 aromatic heterocycles. The van der Waals surface area contributed by atoms with Gasteiger partial charge in [-0.05, 0) is 50.3 Å². The van der Waals surface area contributed by atoms with Crippen LogP contribution in [0.5, 0.6) is 0 Å². The number of aryl methyl sites for hydroxylation is 2. The first-order valence-corrected chi connectivity index (χ1v) is 15.7. The minimum absolute atomic E-state index is 0.00940. The third kappa shape index (κ3) is 7.19. The number of rotatable bonds is 12. The highest BCUT2D eigenvalue weighted by Gasteiger charge is 2.32. The van der Waals surface area contributed by atoms with E-state index in [2.05, 4.69) is 20.0 Å². The fraction of sp³-hybridized carbons (Fsp3) is 0.387. The predicted octanol–water partition coefficient (Wildman–Crippen LogP) is 5.68. The Kier molecular flexibility index (Phi) is 9.80. The summed E-state index contributed by atoms with van der Waals surface area (Å²) in [5.41, 5.74) is 2.85. The van der Waals surface area contributed by atoms with Crippen LogP contribution in [0.4, 0.5) is 0 Å². The first-order chi connectivity index (χ1) is 20.4. The average Bonchev–Trinajstić information content (AvgIpc) is 3.55. The highest BCUT2D eigenvalue weighted by molar-refractivity contribution is 7.90. The maximum atomic E-state index is 13.4. The van der Waals surface area contributed by atoms with Crippen LogP contribution in [-0.4, -0.2) is 40.4 Å². The molecule has 2 heterocycles. The molecule has 1 N–H and O–H groups in total. The molecule has 2 aromatic carbocycles. The van der Waals surface area contributed by atoms with E-state index in [1.54, 1.807) is 56.0 Å². The van der Waals surface area contributed by atoms with E-state index in [0.717, 1.165) is 18.4 Å². The molecule has 11 nitrogen and oxygen atoms in total. The van der Waals surface area contributed by atoms with Crippen LogP contribution in [0.3, 0.4) is 0 Å². The number of carbonyl (C=O) groups is 2. The third-order valence-electron chi connectivity index (χ3n) is 7.21. The summed E-state index contributed by atoms with van der Waals surface area (Å²) in [6, 6.07) is 13.3. The van der Waals surface area contributed by atoms with Crippen molar-refractivity contribution in [3.05, 3.63) is 82.8 Å². The van der Waals surface area contributed by atoms with E-state index in [9.17, 15) is 18.0 Å². The fourth-order valence-corrected chi connectivity index (χ4v) is 5.98. The Labute approximate surface area is 251 Å². The molecule has 0 radical (unpaired) electrons. The van der Waals surface area contributed by atoms with E-state index in [-0.39, 0.29) is 22.5 Å². The zero-order valence-corrected chi connectivity index (χ0v) is 26.1. The van der Waals surface area contributed by atoms with Gasteiger partial charge in [-0.15, -0.1) is 0 Å². The number of nitrogens with one attached hydrogen (secondary N) is 1. The SMILES string of the molecule is CCCCC(=O)N(Cc1ccc(-c2ccccc2S(=O)(=O)NC(=O)c2onc(C)c2C)cc1)[C@H](c1nc(C)no1)C(C)C. The minimum Gasteiger partial charge on any atom is -0.350 e. The quantitative estimate of drug-likeness (QED) is 0.214. The van der Waals surface area contributed by atoms with Gasteiger partial charge in [0.15, 0.2) is 5.82 Å². The van der Waals surface area contributed by atoms with Gasteiger partial charge in [-0.25, -0.2) is 13.1 Å². The molecule has 2 amide bonds. The molecule has 0 aliphatic rings. The fourth-order valence-electron chi connectivity index (χ4n) is 4.80. The van der Waals surface area contributed by atoms with Crippen LogP contribution in [0.15, 0.2) is 62.5 Å². The number of unbranched alkanes of at least 4 members (excludes halogenated alkanes) is 1. The number of hydrogen-bond donors (Lipinski definition) is 1. The molecular formula is C31H37N5O6S. The van der Waals surface area contributed by atoms with Crippen molar-refractivity contribution in [2.45, 2.75) is 78.3 Å². The standard InChI is InChI=1S/C31H37N5O6S/c1-7-8-13-27(37)36(28(19(2)3)31-32-22(6)34-42-31)18-23-14-16-24(17-15-23)25-11-9-10-12-26(25)43(39,40)35-30(38)29-20(4)21(5)33-41-29/h9-12,14-17,19,28H,7-8,13,18H2,1-6H3,(H,35,38)/t28-/m0/s1. The van der Waals surface area contributed by atoms with Crippen LogP contribution < -0.4 is 4.72 Å². The number of amides is 2. The molecule has 228 valence electrons. The average molecular weight is 608 g/mol. The normalized spacial score (nSPS) is 12.3. The van der Waals surface area contributed by atoms with Crippen molar-refractivity contribution in [2.24, 2.45) is 5.92 Å². The second kappa shape index (κ2) is 13.3. The van der Waals surface area contributed by atoms with Gasteiger partial charge in [0, 0.05) is 24.1 Å². The molecule has 0 fully saturated rings. The van der Waals surface area contributed by atoms with Gasteiger partial charge >= 0.3 is 5.91 Å². The summed E-state index contributed by atoms with van der Waals surface area (Å²) in [5, 5.41) is 7.67. The van der Waals surface area contributed by atoms with Gasteiger partial charge in [0.05, 0.1) is 10.6 Å². The van der Waals surface area contributed by atoms with Gasteiger partial charge in [0.25, 0.3) is 10.0 Å². The summed E-state index contributed by atoms with van der Waals surface area (Å²) in [4.78, 5) is 32.3. The molecule has 4 aromatic rings. The largest absolute Gasteiger partial charge is 0.350 e. The summed E-state index contributed by atoms with van der Waals surface area (Å²) in [5.74, 6) is -0.150. The van der Waals surface area contributed by atoms with Gasteiger partial charge in [-0.3, -0.25) is 9.59 Å². The van der Waals surface area contributed by atoms with Crippen molar-refractivity contribution in [1.29, 1.82) is 0 Å². The lowest BCUT2D eigenvalue weighted by atomic mass is 9.99. The zero-order valence-electron chi connectivity index (χ0n) is 25.2. The van der Waals surface area contributed by atoms with Crippen molar-refractivity contribution in [3.8, 4) is 11.1 Å². The van der Waals surface area contributed by atoms with Crippen molar-refractivity contribution < 1.29 is 27.1 Å². The molecule has 1 atom stereocenters. The summed E-state index contributed by atoms with van der Waals surface area (Å²) < 4.78 is 39.3. The number of nitrogens with zero attached hydrogens (tertiary/aromatic N) is 4. The lowest BCUT2D eigenvalue weighted by molar-refractivity contribution is -0.136. The van der Waals surface area contributed by atoms with Crippen molar-refractivity contribution in [2.75, 3.05) is 0 Å². The van der Waals surface area contributed by atoms with E-state index >= 15 is 0 Å². The zero-order chi connectivity index (χ0) is 31.3. The first-order valence-electron chi connectivity index (χ1n) is 14.2. The summed E-state index contributed by atoms with van der Waals surface area (Å²) in [6.07, 6.45) is 2.05. The van der Waals surface area contributed by atoms with Crippen LogP contribution in [-0.2, 0) is 21.4 Å². The first kappa shape index (κ1) is 31.6. The highest BCUT2D eigenvalue weighted by atomic mass is 32.2. The van der Waals surface area contributed by atoms with Crippen LogP contribution in [0.25, 0.3) is 11.1 Å². The van der Waals surface area contributed by atoms with Crippen molar-refractivity contribution in [1.82, 2.24) is 24.9 Å². The summed E-state index contributed by atoms with van der Waals surface area (Å²) >= 11 is 0. The van der Waals surface area contributed by atoms with Crippen molar-refractivity contribution >= 4 is 21.8 Å². The van der Waals surface area contributed by atoms with Gasteiger partial charge in [-0.1, -0.05) is 80.0 Å². The van der Waals surface area contributed by atoms with E-state index < -0.39 is 22.0 Å². The Balaban J connectivity index is 1.62. The minimum atomic E-state index is -4.26. The molecule has 0 aliphatic heterocycles. The Hall–Kier alpha value is -4.32. The monoisotopic (exact) mass is 607 g/mol. The Morgan fingerprint density at radius 2 is 1.67 bits per heavy atom. The maximum absolute atomic E-state index is 13.4. The lowest BCUT2D eigenvalue weighted by Gasteiger charge is -2.32. The topological polar surface area (TPSA) is 148 Å². The number of carbonyl (C=O) groups excluding carboxylic acids is 2. The van der Waals surface area contributed by atoms with Gasteiger partial charge in [0.1, 0.15) is 6.04 Å². The molecule has 0 unspecified atom stereocenters. The van der Waals surface area contributed by atoms with Gasteiger partial charge < -0.3 is 13.9 Å².